The van der Waals surface area contributed by atoms with Gasteiger partial charge in [-0.2, -0.15) is 5.10 Å². The van der Waals surface area contributed by atoms with Crippen molar-refractivity contribution in [1.29, 1.82) is 0 Å². The fraction of sp³-hybridized carbons (Fsp3) is 0.0588. The van der Waals surface area contributed by atoms with E-state index in [0.717, 1.165) is 22.4 Å². The third kappa shape index (κ3) is 3.52. The molecule has 0 fully saturated rings. The summed E-state index contributed by atoms with van der Waals surface area (Å²) in [6.45, 7) is 0.435. The number of hydrogen-bond donors (Lipinski definition) is 3. The van der Waals surface area contributed by atoms with E-state index in [1.54, 1.807) is 12.4 Å². The van der Waals surface area contributed by atoms with E-state index < -0.39 is 0 Å². The number of nitrogens with zero attached hydrogens (tertiary/aromatic N) is 1. The maximum absolute atomic E-state index is 11.8. The molecule has 110 valence electrons. The smallest absolute Gasteiger partial charge is 0.319 e. The average molecular weight is 292 g/mol. The van der Waals surface area contributed by atoms with Gasteiger partial charge in [-0.3, -0.25) is 5.10 Å². The first-order valence-corrected chi connectivity index (χ1v) is 6.99. The summed E-state index contributed by atoms with van der Waals surface area (Å²) in [4.78, 5) is 11.8. The van der Waals surface area contributed by atoms with Crippen LogP contribution in [0.15, 0.2) is 67.0 Å². The monoisotopic (exact) mass is 292 g/mol. The van der Waals surface area contributed by atoms with E-state index in [1.165, 1.54) is 0 Å². The minimum atomic E-state index is -0.242. The van der Waals surface area contributed by atoms with Crippen molar-refractivity contribution < 1.29 is 4.79 Å². The number of nitrogens with one attached hydrogen (secondary N) is 3. The van der Waals surface area contributed by atoms with Crippen molar-refractivity contribution in [2.75, 3.05) is 5.32 Å². The van der Waals surface area contributed by atoms with Crippen molar-refractivity contribution in [2.24, 2.45) is 0 Å². The highest BCUT2D eigenvalue weighted by atomic mass is 16.2. The Hall–Kier alpha value is -3.08. The van der Waals surface area contributed by atoms with E-state index in [1.807, 2.05) is 42.5 Å². The van der Waals surface area contributed by atoms with Gasteiger partial charge < -0.3 is 10.6 Å². The van der Waals surface area contributed by atoms with Crippen LogP contribution in [0.5, 0.6) is 0 Å². The summed E-state index contributed by atoms with van der Waals surface area (Å²) in [6, 6.07) is 17.6. The second-order valence-electron chi connectivity index (χ2n) is 4.86. The van der Waals surface area contributed by atoms with Gasteiger partial charge in [0, 0.05) is 24.0 Å². The second kappa shape index (κ2) is 6.58. The topological polar surface area (TPSA) is 69.8 Å². The van der Waals surface area contributed by atoms with Crippen molar-refractivity contribution in [3.05, 3.63) is 72.6 Å². The minimum Gasteiger partial charge on any atom is -0.334 e. The van der Waals surface area contributed by atoms with Crippen LogP contribution in [0.25, 0.3) is 11.1 Å². The molecule has 0 aliphatic carbocycles. The molecule has 3 rings (SSSR count). The van der Waals surface area contributed by atoms with Gasteiger partial charge in [0.2, 0.25) is 0 Å². The fourth-order valence-electron chi connectivity index (χ4n) is 2.11. The van der Waals surface area contributed by atoms with Gasteiger partial charge in [-0.1, -0.05) is 42.5 Å². The van der Waals surface area contributed by atoms with Gasteiger partial charge in [0.1, 0.15) is 0 Å². The molecule has 2 amide bonds. The Morgan fingerprint density at radius 1 is 1.00 bits per heavy atom. The number of anilines is 1. The molecule has 5 heteroatoms. The molecule has 0 saturated carbocycles. The first-order chi connectivity index (χ1) is 10.8. The highest BCUT2D eigenvalue weighted by Crippen LogP contribution is 2.20. The Kier molecular flexibility index (Phi) is 4.15. The first kappa shape index (κ1) is 13.9. The van der Waals surface area contributed by atoms with Crippen LogP contribution >= 0.6 is 0 Å². The zero-order chi connectivity index (χ0) is 15.2. The van der Waals surface area contributed by atoms with Crippen molar-refractivity contribution in [3.63, 3.8) is 0 Å². The molecular weight excluding hydrogens is 276 g/mol. The molecule has 0 aliphatic rings. The van der Waals surface area contributed by atoms with Gasteiger partial charge in [0.25, 0.3) is 0 Å². The predicted molar refractivity (Wildman–Crippen MR) is 86.3 cm³/mol. The lowest BCUT2D eigenvalue weighted by molar-refractivity contribution is 0.251. The number of H-pyrrole nitrogens is 1. The Morgan fingerprint density at radius 3 is 2.41 bits per heavy atom. The van der Waals surface area contributed by atoms with Crippen LogP contribution in [0.4, 0.5) is 10.5 Å². The van der Waals surface area contributed by atoms with Crippen LogP contribution in [0.2, 0.25) is 0 Å². The zero-order valence-electron chi connectivity index (χ0n) is 11.9. The minimum absolute atomic E-state index is 0.242. The molecule has 0 spiro atoms. The molecular formula is C17H16N4O. The van der Waals surface area contributed by atoms with Gasteiger partial charge in [0.05, 0.1) is 6.20 Å². The van der Waals surface area contributed by atoms with E-state index in [0.29, 0.717) is 6.54 Å². The number of amides is 2. The van der Waals surface area contributed by atoms with Crippen LogP contribution in [0.3, 0.4) is 0 Å². The van der Waals surface area contributed by atoms with Crippen LogP contribution in [-0.2, 0) is 6.54 Å². The average Bonchev–Trinajstić information content (AvgIpc) is 3.08. The van der Waals surface area contributed by atoms with E-state index >= 15 is 0 Å². The molecule has 1 heterocycles. The molecule has 1 aromatic heterocycles. The summed E-state index contributed by atoms with van der Waals surface area (Å²) in [5, 5.41) is 12.1. The highest BCUT2D eigenvalue weighted by Gasteiger charge is 2.03. The lowest BCUT2D eigenvalue weighted by Gasteiger charge is -2.08. The molecule has 22 heavy (non-hydrogen) atoms. The number of carbonyl (C=O) groups excluding carboxylic acids is 1. The van der Waals surface area contributed by atoms with Crippen molar-refractivity contribution in [2.45, 2.75) is 6.54 Å². The number of aromatic amines is 1. The third-order valence-corrected chi connectivity index (χ3v) is 3.26. The van der Waals surface area contributed by atoms with Crippen LogP contribution < -0.4 is 10.6 Å². The lowest BCUT2D eigenvalue weighted by atomic mass is 10.1. The quantitative estimate of drug-likeness (QED) is 0.689. The summed E-state index contributed by atoms with van der Waals surface area (Å²) in [5.41, 5.74) is 3.95. The number of hydrogen-bond acceptors (Lipinski definition) is 2. The molecule has 2 aromatic carbocycles. The third-order valence-electron chi connectivity index (χ3n) is 3.26. The van der Waals surface area contributed by atoms with E-state index in [2.05, 4.69) is 33.0 Å². The Balaban J connectivity index is 1.58. The van der Waals surface area contributed by atoms with E-state index in [4.69, 9.17) is 0 Å². The molecule has 0 atom stereocenters. The maximum Gasteiger partial charge on any atom is 0.319 e. The first-order valence-electron chi connectivity index (χ1n) is 6.99. The van der Waals surface area contributed by atoms with Crippen molar-refractivity contribution >= 4 is 11.7 Å². The molecule has 0 bridgehead atoms. The van der Waals surface area contributed by atoms with Gasteiger partial charge in [0.15, 0.2) is 0 Å². The van der Waals surface area contributed by atoms with Crippen LogP contribution in [0.1, 0.15) is 5.56 Å². The summed E-state index contributed by atoms with van der Waals surface area (Å²) in [7, 11) is 0. The number of benzene rings is 2. The SMILES string of the molecule is O=C(NCc1cn[nH]c1)Nc1ccc(-c2ccccc2)cc1. The maximum atomic E-state index is 11.8. The summed E-state index contributed by atoms with van der Waals surface area (Å²) >= 11 is 0. The summed E-state index contributed by atoms with van der Waals surface area (Å²) in [6.07, 6.45) is 3.42. The molecule has 3 aromatic rings. The lowest BCUT2D eigenvalue weighted by Crippen LogP contribution is -2.27. The molecule has 0 saturated heterocycles. The molecule has 3 N–H and O–H groups in total. The molecule has 5 nitrogen and oxygen atoms in total. The van der Waals surface area contributed by atoms with Gasteiger partial charge in [-0.15, -0.1) is 0 Å². The highest BCUT2D eigenvalue weighted by molar-refractivity contribution is 5.89. The van der Waals surface area contributed by atoms with E-state index in [9.17, 15) is 4.79 Å². The molecule has 0 radical (unpaired) electrons. The normalized spacial score (nSPS) is 10.2. The van der Waals surface area contributed by atoms with Crippen molar-refractivity contribution in [1.82, 2.24) is 15.5 Å². The number of aromatic nitrogens is 2. The van der Waals surface area contributed by atoms with E-state index in [-0.39, 0.29) is 6.03 Å². The van der Waals surface area contributed by atoms with Gasteiger partial charge in [-0.25, -0.2) is 4.79 Å². The number of urea groups is 1. The largest absolute Gasteiger partial charge is 0.334 e. The standard InChI is InChI=1S/C17H16N4O/c22-17(18-10-13-11-19-20-12-13)21-16-8-6-15(7-9-16)14-4-2-1-3-5-14/h1-9,11-12H,10H2,(H,19,20)(H2,18,21,22). The second-order valence-corrected chi connectivity index (χ2v) is 4.86. The Labute approximate surface area is 128 Å². The summed E-state index contributed by atoms with van der Waals surface area (Å²) in [5.74, 6) is 0. The molecule has 0 unspecified atom stereocenters. The summed E-state index contributed by atoms with van der Waals surface area (Å²) < 4.78 is 0. The van der Waals surface area contributed by atoms with Crippen molar-refractivity contribution in [3.8, 4) is 11.1 Å². The number of rotatable bonds is 4. The van der Waals surface area contributed by atoms with Crippen LogP contribution in [0, 0.1) is 0 Å². The number of carbonyl (C=O) groups is 1. The zero-order valence-corrected chi connectivity index (χ0v) is 11.9. The predicted octanol–water partition coefficient (Wildman–Crippen LogP) is 3.40. The molecule has 0 aliphatic heterocycles. The van der Waals surface area contributed by atoms with Crippen LogP contribution in [-0.4, -0.2) is 16.2 Å². The fourth-order valence-corrected chi connectivity index (χ4v) is 2.11. The Morgan fingerprint density at radius 2 is 1.73 bits per heavy atom. The van der Waals surface area contributed by atoms with Gasteiger partial charge >= 0.3 is 6.03 Å². The Bertz CT molecular complexity index is 721. The van der Waals surface area contributed by atoms with Gasteiger partial charge in [-0.05, 0) is 23.3 Å².